The fourth-order valence-corrected chi connectivity index (χ4v) is 5.75. The molecule has 0 aromatic heterocycles. The van der Waals surface area contributed by atoms with Crippen LogP contribution >= 0.6 is 0 Å². The molecular formula is C23H27N3O7S. The molecule has 1 aliphatic rings. The van der Waals surface area contributed by atoms with Crippen molar-refractivity contribution in [3.05, 3.63) is 70.3 Å². The number of nitro groups is 1. The number of nitrogens with zero attached hydrogens (tertiary/aromatic N) is 3. The Kier molecular flexibility index (Phi) is 6.97. The van der Waals surface area contributed by atoms with Gasteiger partial charge in [-0.15, -0.1) is 0 Å². The fraction of sp³-hybridized carbons (Fsp3) is 0.391. The summed E-state index contributed by atoms with van der Waals surface area (Å²) >= 11 is 0. The lowest BCUT2D eigenvalue weighted by atomic mass is 9.93. The number of hydrogen-bond acceptors (Lipinski definition) is 7. The molecule has 34 heavy (non-hydrogen) atoms. The van der Waals surface area contributed by atoms with Gasteiger partial charge in [0.1, 0.15) is 0 Å². The minimum atomic E-state index is -4.40. The molecule has 1 heterocycles. The quantitative estimate of drug-likeness (QED) is 0.328. The number of methoxy groups -OCH3 is 1. The van der Waals surface area contributed by atoms with Crippen LogP contribution in [-0.4, -0.2) is 53.2 Å². The first kappa shape index (κ1) is 25.2. The third kappa shape index (κ3) is 4.74. The van der Waals surface area contributed by atoms with Crippen molar-refractivity contribution in [1.82, 2.24) is 9.21 Å². The maximum atomic E-state index is 13.7. The molecule has 2 amide bonds. The van der Waals surface area contributed by atoms with Crippen LogP contribution in [0.3, 0.4) is 0 Å². The molecule has 1 saturated heterocycles. The Hall–Kier alpha value is -3.47. The zero-order chi connectivity index (χ0) is 25.3. The zero-order valence-electron chi connectivity index (χ0n) is 19.4. The van der Waals surface area contributed by atoms with E-state index in [1.807, 2.05) is 18.2 Å². The van der Waals surface area contributed by atoms with E-state index in [1.165, 1.54) is 12.0 Å². The number of hydrogen-bond donors (Lipinski definition) is 0. The van der Waals surface area contributed by atoms with Crippen LogP contribution < -0.4 is 0 Å². The summed E-state index contributed by atoms with van der Waals surface area (Å²) in [4.78, 5) is 37.3. The van der Waals surface area contributed by atoms with Crippen molar-refractivity contribution in [3.8, 4) is 0 Å². The van der Waals surface area contributed by atoms with E-state index in [0.717, 1.165) is 34.1 Å². The molecule has 0 spiro atoms. The number of ether oxygens (including phenoxy) is 1. The molecule has 0 unspecified atom stereocenters. The van der Waals surface area contributed by atoms with Crippen molar-refractivity contribution >= 4 is 27.7 Å². The SMILES string of the molecule is COC(=O)CC[C@H]1[C@H](c2ccccc2)N(C(C)(C)C)C(=O)N1S(=O)(=O)c1ccc([N+](=O)[O-])cc1. The maximum absolute atomic E-state index is 13.7. The summed E-state index contributed by atoms with van der Waals surface area (Å²) in [6, 6.07) is 11.1. The molecule has 10 nitrogen and oxygen atoms in total. The van der Waals surface area contributed by atoms with Crippen molar-refractivity contribution < 1.29 is 27.7 Å². The van der Waals surface area contributed by atoms with Gasteiger partial charge in [0.05, 0.1) is 29.0 Å². The van der Waals surface area contributed by atoms with Gasteiger partial charge >= 0.3 is 12.0 Å². The van der Waals surface area contributed by atoms with E-state index in [9.17, 15) is 28.1 Å². The monoisotopic (exact) mass is 489 g/mol. The zero-order valence-corrected chi connectivity index (χ0v) is 20.2. The molecule has 2 aromatic carbocycles. The van der Waals surface area contributed by atoms with E-state index in [0.29, 0.717) is 0 Å². The number of amides is 2. The van der Waals surface area contributed by atoms with Gasteiger partial charge in [0.2, 0.25) is 0 Å². The van der Waals surface area contributed by atoms with E-state index in [4.69, 9.17) is 4.74 Å². The third-order valence-corrected chi connectivity index (χ3v) is 7.49. The largest absolute Gasteiger partial charge is 0.469 e. The van der Waals surface area contributed by atoms with Crippen LogP contribution in [-0.2, 0) is 19.6 Å². The molecule has 0 aliphatic carbocycles. The Morgan fingerprint density at radius 1 is 1.09 bits per heavy atom. The average molecular weight is 490 g/mol. The minimum Gasteiger partial charge on any atom is -0.469 e. The van der Waals surface area contributed by atoms with Crippen LogP contribution in [0.4, 0.5) is 10.5 Å². The summed E-state index contributed by atoms with van der Waals surface area (Å²) in [5, 5.41) is 11.0. The highest BCUT2D eigenvalue weighted by molar-refractivity contribution is 7.89. The van der Waals surface area contributed by atoms with E-state index in [1.54, 1.807) is 32.9 Å². The number of urea groups is 1. The Morgan fingerprint density at radius 3 is 2.18 bits per heavy atom. The second-order valence-corrected chi connectivity index (χ2v) is 10.7. The van der Waals surface area contributed by atoms with Crippen LogP contribution in [0, 0.1) is 10.1 Å². The molecule has 0 saturated carbocycles. The predicted octanol–water partition coefficient (Wildman–Crippen LogP) is 3.88. The summed E-state index contributed by atoms with van der Waals surface area (Å²) in [5.41, 5.74) is -0.296. The van der Waals surface area contributed by atoms with Crippen LogP contribution in [0.15, 0.2) is 59.5 Å². The van der Waals surface area contributed by atoms with Crippen molar-refractivity contribution in [2.75, 3.05) is 7.11 Å². The predicted molar refractivity (Wildman–Crippen MR) is 123 cm³/mol. The summed E-state index contributed by atoms with van der Waals surface area (Å²) < 4.78 is 32.9. The van der Waals surface area contributed by atoms with Crippen LogP contribution in [0.5, 0.6) is 0 Å². The number of carbonyl (C=O) groups is 2. The Morgan fingerprint density at radius 2 is 1.68 bits per heavy atom. The van der Waals surface area contributed by atoms with Crippen molar-refractivity contribution in [2.45, 2.75) is 56.1 Å². The van der Waals surface area contributed by atoms with E-state index < -0.39 is 44.6 Å². The van der Waals surface area contributed by atoms with Crippen LogP contribution in [0.2, 0.25) is 0 Å². The van der Waals surface area contributed by atoms with E-state index >= 15 is 0 Å². The minimum absolute atomic E-state index is 0.0385. The maximum Gasteiger partial charge on any atom is 0.335 e. The lowest BCUT2D eigenvalue weighted by molar-refractivity contribution is -0.384. The Balaban J connectivity index is 2.16. The Labute approximate surface area is 198 Å². The van der Waals surface area contributed by atoms with Gasteiger partial charge < -0.3 is 9.64 Å². The number of esters is 1. The number of benzene rings is 2. The summed E-state index contributed by atoms with van der Waals surface area (Å²) in [6.07, 6.45) is -0.0567. The van der Waals surface area contributed by atoms with Crippen LogP contribution in [0.25, 0.3) is 0 Å². The molecule has 1 aliphatic heterocycles. The van der Waals surface area contributed by atoms with Crippen molar-refractivity contribution in [2.24, 2.45) is 0 Å². The number of non-ortho nitro benzene ring substituents is 1. The number of sulfonamides is 1. The highest BCUT2D eigenvalue weighted by Crippen LogP contribution is 2.44. The van der Waals surface area contributed by atoms with Gasteiger partial charge in [-0.1, -0.05) is 30.3 Å². The Bertz CT molecular complexity index is 1180. The first-order valence-electron chi connectivity index (χ1n) is 10.6. The smallest absolute Gasteiger partial charge is 0.335 e. The van der Waals surface area contributed by atoms with Gasteiger partial charge in [-0.25, -0.2) is 17.5 Å². The lowest BCUT2D eigenvalue weighted by Crippen LogP contribution is -2.46. The number of rotatable bonds is 7. The van der Waals surface area contributed by atoms with E-state index in [-0.39, 0.29) is 23.4 Å². The van der Waals surface area contributed by atoms with Crippen LogP contribution in [0.1, 0.15) is 45.2 Å². The number of carbonyl (C=O) groups excluding carboxylic acids is 2. The van der Waals surface area contributed by atoms with Gasteiger partial charge in [0, 0.05) is 24.1 Å². The molecule has 0 bridgehead atoms. The molecule has 2 aromatic rings. The van der Waals surface area contributed by atoms with E-state index in [2.05, 4.69) is 0 Å². The molecule has 11 heteroatoms. The highest BCUT2D eigenvalue weighted by Gasteiger charge is 2.54. The molecule has 3 rings (SSSR count). The summed E-state index contributed by atoms with van der Waals surface area (Å²) in [5.74, 6) is -0.527. The van der Waals surface area contributed by atoms with Gasteiger partial charge in [0.15, 0.2) is 0 Å². The van der Waals surface area contributed by atoms with Crippen molar-refractivity contribution in [3.63, 3.8) is 0 Å². The molecule has 1 fully saturated rings. The van der Waals surface area contributed by atoms with Gasteiger partial charge in [-0.05, 0) is 44.9 Å². The second-order valence-electron chi connectivity index (χ2n) is 8.91. The molecular weight excluding hydrogens is 462 g/mol. The normalized spacial score (nSPS) is 18.8. The highest BCUT2D eigenvalue weighted by atomic mass is 32.2. The number of nitro benzene ring substituents is 1. The topological polar surface area (TPSA) is 127 Å². The molecule has 2 atom stereocenters. The molecule has 182 valence electrons. The standard InChI is InChI=1S/C23H27N3O7S/c1-23(2,3)24-21(16-8-6-5-7-9-16)19(14-15-20(27)33-4)25(22(24)28)34(31,32)18-12-10-17(11-13-18)26(29)30/h5-13,19,21H,14-15H2,1-4H3/t19-,21-/m0/s1. The second kappa shape index (κ2) is 9.41. The van der Waals surface area contributed by atoms with Gasteiger partial charge in [0.25, 0.3) is 15.7 Å². The summed E-state index contributed by atoms with van der Waals surface area (Å²) in [7, 11) is -3.16. The van der Waals surface area contributed by atoms with Gasteiger partial charge in [-0.2, -0.15) is 0 Å². The fourth-order valence-electron chi connectivity index (χ4n) is 4.17. The van der Waals surface area contributed by atoms with Gasteiger partial charge in [-0.3, -0.25) is 14.9 Å². The lowest BCUT2D eigenvalue weighted by Gasteiger charge is -2.37. The third-order valence-electron chi connectivity index (χ3n) is 5.68. The van der Waals surface area contributed by atoms with Crippen molar-refractivity contribution in [1.29, 1.82) is 0 Å². The average Bonchev–Trinajstić information content (AvgIpc) is 3.11. The first-order valence-corrected chi connectivity index (χ1v) is 12.1. The summed E-state index contributed by atoms with van der Waals surface area (Å²) in [6.45, 7) is 5.42. The first-order chi connectivity index (χ1) is 15.9. The molecule has 0 radical (unpaired) electrons. The molecule has 0 N–H and O–H groups in total.